The van der Waals surface area contributed by atoms with Gasteiger partial charge in [-0.05, 0) is 19.9 Å². The topological polar surface area (TPSA) is 48.9 Å². The second-order valence-corrected chi connectivity index (χ2v) is 5.33. The minimum atomic E-state index is 0. The van der Waals surface area contributed by atoms with E-state index in [-0.39, 0.29) is 30.1 Å². The van der Waals surface area contributed by atoms with Gasteiger partial charge in [0.25, 0.3) is 0 Å². The van der Waals surface area contributed by atoms with Gasteiger partial charge >= 0.3 is 0 Å². The Morgan fingerprint density at radius 2 is 2.11 bits per heavy atom. The molecular weight excluding hydrogens is 355 g/mol. The van der Waals surface area contributed by atoms with Crippen molar-refractivity contribution in [1.29, 1.82) is 0 Å². The van der Waals surface area contributed by atoms with E-state index in [1.165, 1.54) is 25.7 Å². The highest BCUT2D eigenvalue weighted by atomic mass is 127. The van der Waals surface area contributed by atoms with Crippen molar-refractivity contribution < 1.29 is 4.74 Å². The normalized spacial score (nSPS) is 26.0. The van der Waals surface area contributed by atoms with Crippen molar-refractivity contribution in [2.24, 2.45) is 4.99 Å². The lowest BCUT2D eigenvalue weighted by Crippen LogP contribution is -2.49. The van der Waals surface area contributed by atoms with E-state index in [9.17, 15) is 0 Å². The molecule has 0 aromatic carbocycles. The standard InChI is InChI=1S/C13H26N4O.HI/c1-14-13(16-11-5-3-4-6-11)15-9-12-10-17(2)7-8-18-12;/h11-12H,3-10H2,1-2H3,(H2,14,15,16);1H. The van der Waals surface area contributed by atoms with Gasteiger partial charge in [-0.2, -0.15) is 0 Å². The molecule has 0 aromatic rings. The Morgan fingerprint density at radius 3 is 2.74 bits per heavy atom. The Labute approximate surface area is 133 Å². The molecule has 1 heterocycles. The van der Waals surface area contributed by atoms with E-state index in [2.05, 4.69) is 27.6 Å². The van der Waals surface area contributed by atoms with E-state index < -0.39 is 0 Å². The summed E-state index contributed by atoms with van der Waals surface area (Å²) in [6.07, 6.45) is 5.48. The molecule has 1 saturated carbocycles. The smallest absolute Gasteiger partial charge is 0.191 e. The van der Waals surface area contributed by atoms with Gasteiger partial charge in [0.2, 0.25) is 0 Å². The average molecular weight is 382 g/mol. The van der Waals surface area contributed by atoms with Crippen LogP contribution in [-0.4, -0.2) is 63.3 Å². The van der Waals surface area contributed by atoms with Gasteiger partial charge in [0.1, 0.15) is 0 Å². The largest absolute Gasteiger partial charge is 0.374 e. The van der Waals surface area contributed by atoms with E-state index in [0.717, 1.165) is 32.2 Å². The fourth-order valence-corrected chi connectivity index (χ4v) is 2.66. The molecule has 1 aliphatic carbocycles. The molecule has 0 radical (unpaired) electrons. The number of ether oxygens (including phenoxy) is 1. The van der Waals surface area contributed by atoms with Crippen LogP contribution in [0.1, 0.15) is 25.7 Å². The van der Waals surface area contributed by atoms with Crippen LogP contribution in [0.2, 0.25) is 0 Å². The molecule has 1 aliphatic heterocycles. The molecule has 2 fully saturated rings. The van der Waals surface area contributed by atoms with E-state index in [1.54, 1.807) is 0 Å². The van der Waals surface area contributed by atoms with Crippen LogP contribution >= 0.6 is 24.0 Å². The predicted octanol–water partition coefficient (Wildman–Crippen LogP) is 1.04. The SMILES string of the molecule is CN=C(NCC1CN(C)CCO1)NC1CCCC1.I. The molecule has 19 heavy (non-hydrogen) atoms. The molecule has 0 bridgehead atoms. The third-order valence-corrected chi connectivity index (χ3v) is 3.76. The Hall–Kier alpha value is -0.0800. The van der Waals surface area contributed by atoms with Crippen LogP contribution in [0.15, 0.2) is 4.99 Å². The minimum Gasteiger partial charge on any atom is -0.374 e. The van der Waals surface area contributed by atoms with E-state index in [4.69, 9.17) is 4.74 Å². The maximum absolute atomic E-state index is 5.73. The first-order chi connectivity index (χ1) is 8.78. The maximum atomic E-state index is 5.73. The molecule has 1 atom stereocenters. The third-order valence-electron chi connectivity index (χ3n) is 3.76. The average Bonchev–Trinajstić information content (AvgIpc) is 2.87. The first-order valence-corrected chi connectivity index (χ1v) is 7.05. The lowest BCUT2D eigenvalue weighted by Gasteiger charge is -2.30. The van der Waals surface area contributed by atoms with Crippen LogP contribution < -0.4 is 10.6 Å². The fraction of sp³-hybridized carbons (Fsp3) is 0.923. The molecule has 2 aliphatic rings. The summed E-state index contributed by atoms with van der Waals surface area (Å²) < 4.78 is 5.73. The van der Waals surface area contributed by atoms with Gasteiger partial charge in [0, 0.05) is 32.7 Å². The van der Waals surface area contributed by atoms with Crippen molar-refractivity contribution in [2.45, 2.75) is 37.8 Å². The Balaban J connectivity index is 0.00000180. The molecule has 1 unspecified atom stereocenters. The third kappa shape index (κ3) is 5.83. The fourth-order valence-electron chi connectivity index (χ4n) is 2.66. The number of guanidine groups is 1. The predicted molar refractivity (Wildman–Crippen MR) is 89.4 cm³/mol. The zero-order valence-corrected chi connectivity index (χ0v) is 14.4. The summed E-state index contributed by atoms with van der Waals surface area (Å²) in [6.45, 7) is 3.69. The Bertz CT molecular complexity index is 282. The summed E-state index contributed by atoms with van der Waals surface area (Å²) in [7, 11) is 3.97. The van der Waals surface area contributed by atoms with Crippen molar-refractivity contribution in [3.63, 3.8) is 0 Å². The van der Waals surface area contributed by atoms with Crippen molar-refractivity contribution in [3.8, 4) is 0 Å². The highest BCUT2D eigenvalue weighted by Gasteiger charge is 2.19. The molecule has 2 N–H and O–H groups in total. The van der Waals surface area contributed by atoms with Crippen LogP contribution in [0.3, 0.4) is 0 Å². The highest BCUT2D eigenvalue weighted by molar-refractivity contribution is 14.0. The molecular formula is C13H27IN4O. The quantitative estimate of drug-likeness (QED) is 0.435. The van der Waals surface area contributed by atoms with Gasteiger partial charge in [-0.15, -0.1) is 24.0 Å². The summed E-state index contributed by atoms with van der Waals surface area (Å²) in [5, 5.41) is 6.86. The van der Waals surface area contributed by atoms with E-state index in [1.807, 2.05) is 7.05 Å². The number of nitrogens with zero attached hydrogens (tertiary/aromatic N) is 2. The molecule has 0 spiro atoms. The second kappa shape index (κ2) is 8.97. The van der Waals surface area contributed by atoms with Crippen molar-refractivity contribution in [1.82, 2.24) is 15.5 Å². The summed E-state index contributed by atoms with van der Waals surface area (Å²) >= 11 is 0. The number of aliphatic imine (C=N–C) groups is 1. The lowest BCUT2D eigenvalue weighted by molar-refractivity contribution is -0.0161. The van der Waals surface area contributed by atoms with Gasteiger partial charge in [0.15, 0.2) is 5.96 Å². The maximum Gasteiger partial charge on any atom is 0.191 e. The number of morpholine rings is 1. The van der Waals surface area contributed by atoms with Crippen LogP contribution in [0.5, 0.6) is 0 Å². The summed E-state index contributed by atoms with van der Waals surface area (Å²) in [5.74, 6) is 0.915. The summed E-state index contributed by atoms with van der Waals surface area (Å²) in [5.41, 5.74) is 0. The minimum absolute atomic E-state index is 0. The van der Waals surface area contributed by atoms with Crippen molar-refractivity contribution in [2.75, 3.05) is 40.3 Å². The number of hydrogen-bond acceptors (Lipinski definition) is 3. The molecule has 0 aromatic heterocycles. The first kappa shape index (κ1) is 17.0. The molecule has 112 valence electrons. The van der Waals surface area contributed by atoms with Gasteiger partial charge in [0.05, 0.1) is 12.7 Å². The Morgan fingerprint density at radius 1 is 1.37 bits per heavy atom. The number of halogens is 1. The molecule has 0 amide bonds. The van der Waals surface area contributed by atoms with Gasteiger partial charge in [-0.1, -0.05) is 12.8 Å². The van der Waals surface area contributed by atoms with Crippen LogP contribution in [0.4, 0.5) is 0 Å². The van der Waals surface area contributed by atoms with Gasteiger partial charge < -0.3 is 20.3 Å². The van der Waals surface area contributed by atoms with Gasteiger partial charge in [-0.25, -0.2) is 0 Å². The van der Waals surface area contributed by atoms with Crippen LogP contribution in [-0.2, 0) is 4.74 Å². The summed E-state index contributed by atoms with van der Waals surface area (Å²) in [4.78, 5) is 6.59. The first-order valence-electron chi connectivity index (χ1n) is 7.05. The lowest BCUT2D eigenvalue weighted by atomic mass is 10.2. The second-order valence-electron chi connectivity index (χ2n) is 5.33. The number of hydrogen-bond donors (Lipinski definition) is 2. The molecule has 5 nitrogen and oxygen atoms in total. The van der Waals surface area contributed by atoms with Gasteiger partial charge in [-0.3, -0.25) is 4.99 Å². The molecule has 2 rings (SSSR count). The van der Waals surface area contributed by atoms with Crippen LogP contribution in [0, 0.1) is 0 Å². The van der Waals surface area contributed by atoms with E-state index >= 15 is 0 Å². The number of rotatable bonds is 3. The Kier molecular flexibility index (Phi) is 8.01. The van der Waals surface area contributed by atoms with Crippen LogP contribution in [0.25, 0.3) is 0 Å². The summed E-state index contributed by atoms with van der Waals surface area (Å²) in [6, 6.07) is 0.603. The highest BCUT2D eigenvalue weighted by Crippen LogP contribution is 2.17. The number of nitrogens with one attached hydrogen (secondary N) is 2. The molecule has 1 saturated heterocycles. The number of likely N-dealkylation sites (N-methyl/N-ethyl adjacent to an activating group) is 1. The van der Waals surface area contributed by atoms with E-state index in [0.29, 0.717) is 6.04 Å². The zero-order valence-electron chi connectivity index (χ0n) is 12.0. The van der Waals surface area contributed by atoms with Crippen molar-refractivity contribution >= 4 is 29.9 Å². The van der Waals surface area contributed by atoms with Crippen molar-refractivity contribution in [3.05, 3.63) is 0 Å². The molecule has 6 heteroatoms. The zero-order chi connectivity index (χ0) is 12.8. The monoisotopic (exact) mass is 382 g/mol.